The Morgan fingerprint density at radius 1 is 1.00 bits per heavy atom. The largest absolute Gasteiger partial charge is 0.508 e. The molecule has 2 aromatic rings. The molecular weight excluding hydrogens is 193 g/mol. The average Bonchev–Trinajstić information content (AvgIpc) is 2.22. The first kappa shape index (κ1) is 9.52. The van der Waals surface area contributed by atoms with Crippen LogP contribution in [0.3, 0.4) is 0 Å². The van der Waals surface area contributed by atoms with Gasteiger partial charge in [-0.3, -0.25) is 0 Å². The number of hydrogen-bond acceptors (Lipinski definition) is 2. The van der Waals surface area contributed by atoms with Gasteiger partial charge in [0, 0.05) is 11.8 Å². The zero-order chi connectivity index (χ0) is 10.7. The van der Waals surface area contributed by atoms with E-state index < -0.39 is 0 Å². The van der Waals surface area contributed by atoms with Crippen LogP contribution < -0.4 is 5.32 Å². The predicted molar refractivity (Wildman–Crippen MR) is 57.8 cm³/mol. The molecule has 0 bridgehead atoms. The third-order valence-electron chi connectivity index (χ3n) is 2.00. The maximum atomic E-state index is 13.3. The normalized spacial score (nSPS) is 9.93. The van der Waals surface area contributed by atoms with Crippen LogP contribution in [0.4, 0.5) is 15.8 Å². The van der Waals surface area contributed by atoms with Crippen molar-refractivity contribution in [1.29, 1.82) is 0 Å². The van der Waals surface area contributed by atoms with Crippen LogP contribution in [0, 0.1) is 5.82 Å². The average molecular weight is 203 g/mol. The summed E-state index contributed by atoms with van der Waals surface area (Å²) >= 11 is 0. The lowest BCUT2D eigenvalue weighted by Crippen LogP contribution is -1.92. The van der Waals surface area contributed by atoms with Gasteiger partial charge in [-0.2, -0.15) is 0 Å². The minimum atomic E-state index is -0.319. The topological polar surface area (TPSA) is 32.3 Å². The van der Waals surface area contributed by atoms with E-state index in [-0.39, 0.29) is 11.6 Å². The Morgan fingerprint density at radius 3 is 2.53 bits per heavy atom. The summed E-state index contributed by atoms with van der Waals surface area (Å²) in [5.74, 6) is -0.169. The molecule has 0 amide bonds. The summed E-state index contributed by atoms with van der Waals surface area (Å²) in [6, 6.07) is 12.9. The Bertz CT molecular complexity index is 471. The van der Waals surface area contributed by atoms with Crippen LogP contribution in [-0.4, -0.2) is 5.11 Å². The Labute approximate surface area is 87.0 Å². The molecule has 0 heterocycles. The molecule has 0 unspecified atom stereocenters. The maximum absolute atomic E-state index is 13.3. The molecule has 0 aliphatic rings. The van der Waals surface area contributed by atoms with E-state index in [1.165, 1.54) is 12.1 Å². The molecule has 3 heteroatoms. The Kier molecular flexibility index (Phi) is 2.54. The van der Waals surface area contributed by atoms with Gasteiger partial charge in [0.1, 0.15) is 11.6 Å². The van der Waals surface area contributed by atoms with Crippen molar-refractivity contribution in [3.63, 3.8) is 0 Å². The van der Waals surface area contributed by atoms with Crippen molar-refractivity contribution in [3.05, 3.63) is 54.3 Å². The van der Waals surface area contributed by atoms with Crippen LogP contribution in [0.2, 0.25) is 0 Å². The summed E-state index contributed by atoms with van der Waals surface area (Å²) in [6.07, 6.45) is 0. The van der Waals surface area contributed by atoms with Crippen LogP contribution in [-0.2, 0) is 0 Å². The minimum Gasteiger partial charge on any atom is -0.508 e. The van der Waals surface area contributed by atoms with Crippen molar-refractivity contribution in [1.82, 2.24) is 0 Å². The Balaban J connectivity index is 2.26. The van der Waals surface area contributed by atoms with Crippen molar-refractivity contribution in [3.8, 4) is 5.75 Å². The molecule has 15 heavy (non-hydrogen) atoms. The number of aromatic hydroxyl groups is 1. The van der Waals surface area contributed by atoms with E-state index in [2.05, 4.69) is 5.32 Å². The van der Waals surface area contributed by atoms with E-state index in [1.807, 2.05) is 0 Å². The fraction of sp³-hybridized carbons (Fsp3) is 0. The summed E-state index contributed by atoms with van der Waals surface area (Å²) in [7, 11) is 0. The van der Waals surface area contributed by atoms with E-state index in [0.717, 1.165) is 0 Å². The summed E-state index contributed by atoms with van der Waals surface area (Å²) in [6.45, 7) is 0. The summed E-state index contributed by atoms with van der Waals surface area (Å²) < 4.78 is 13.3. The van der Waals surface area contributed by atoms with Crippen LogP contribution in [0.25, 0.3) is 0 Å². The predicted octanol–water partition coefficient (Wildman–Crippen LogP) is 3.27. The highest BCUT2D eigenvalue weighted by Crippen LogP contribution is 2.22. The van der Waals surface area contributed by atoms with Gasteiger partial charge in [0.05, 0.1) is 5.69 Å². The molecule has 2 nitrogen and oxygen atoms in total. The molecule has 0 saturated carbocycles. The first-order valence-corrected chi connectivity index (χ1v) is 4.56. The molecule has 2 aromatic carbocycles. The Morgan fingerprint density at radius 2 is 1.80 bits per heavy atom. The number of phenols is 1. The van der Waals surface area contributed by atoms with E-state index in [0.29, 0.717) is 11.4 Å². The smallest absolute Gasteiger partial charge is 0.146 e. The molecule has 0 saturated heterocycles. The number of rotatable bonds is 2. The first-order chi connectivity index (χ1) is 7.25. The number of benzene rings is 2. The molecule has 0 radical (unpaired) electrons. The van der Waals surface area contributed by atoms with Gasteiger partial charge in [0.15, 0.2) is 0 Å². The second kappa shape index (κ2) is 4.00. The zero-order valence-electron chi connectivity index (χ0n) is 7.94. The molecule has 2 rings (SSSR count). The Hall–Kier alpha value is -2.03. The SMILES string of the molecule is Oc1cccc(Nc2ccccc2F)c1. The lowest BCUT2D eigenvalue weighted by molar-refractivity contribution is 0.475. The van der Waals surface area contributed by atoms with Crippen LogP contribution >= 0.6 is 0 Å². The van der Waals surface area contributed by atoms with Crippen molar-refractivity contribution in [2.45, 2.75) is 0 Å². The number of anilines is 2. The van der Waals surface area contributed by atoms with Gasteiger partial charge in [-0.1, -0.05) is 18.2 Å². The van der Waals surface area contributed by atoms with Crippen LogP contribution in [0.15, 0.2) is 48.5 Å². The highest BCUT2D eigenvalue weighted by atomic mass is 19.1. The highest BCUT2D eigenvalue weighted by molar-refractivity contribution is 5.61. The molecule has 0 aliphatic heterocycles. The second-order valence-electron chi connectivity index (χ2n) is 3.16. The fourth-order valence-electron chi connectivity index (χ4n) is 1.30. The van der Waals surface area contributed by atoms with Crippen LogP contribution in [0.1, 0.15) is 0 Å². The van der Waals surface area contributed by atoms with Crippen molar-refractivity contribution >= 4 is 11.4 Å². The molecule has 0 atom stereocenters. The molecular formula is C12H10FNO. The van der Waals surface area contributed by atoms with Crippen molar-refractivity contribution < 1.29 is 9.50 Å². The van der Waals surface area contributed by atoms with Gasteiger partial charge < -0.3 is 10.4 Å². The van der Waals surface area contributed by atoms with E-state index in [4.69, 9.17) is 0 Å². The number of nitrogens with one attached hydrogen (secondary N) is 1. The second-order valence-corrected chi connectivity index (χ2v) is 3.16. The van der Waals surface area contributed by atoms with Crippen LogP contribution in [0.5, 0.6) is 5.75 Å². The highest BCUT2D eigenvalue weighted by Gasteiger charge is 2.00. The first-order valence-electron chi connectivity index (χ1n) is 4.56. The van der Waals surface area contributed by atoms with E-state index >= 15 is 0 Å². The molecule has 0 fully saturated rings. The summed E-state index contributed by atoms with van der Waals surface area (Å²) in [4.78, 5) is 0. The number of hydrogen-bond donors (Lipinski definition) is 2. The molecule has 0 aromatic heterocycles. The number of phenolic OH excluding ortho intramolecular Hbond substituents is 1. The van der Waals surface area contributed by atoms with Crippen molar-refractivity contribution in [2.75, 3.05) is 5.32 Å². The maximum Gasteiger partial charge on any atom is 0.146 e. The molecule has 0 spiro atoms. The van der Waals surface area contributed by atoms with Gasteiger partial charge in [-0.05, 0) is 24.3 Å². The lowest BCUT2D eigenvalue weighted by Gasteiger charge is -2.07. The molecule has 2 N–H and O–H groups in total. The molecule has 0 aliphatic carbocycles. The third-order valence-corrected chi connectivity index (χ3v) is 2.00. The summed E-state index contributed by atoms with van der Waals surface area (Å²) in [5.41, 5.74) is 1.04. The van der Waals surface area contributed by atoms with Crippen molar-refractivity contribution in [2.24, 2.45) is 0 Å². The van der Waals surface area contributed by atoms with Gasteiger partial charge in [0.25, 0.3) is 0 Å². The van der Waals surface area contributed by atoms with Gasteiger partial charge >= 0.3 is 0 Å². The third kappa shape index (κ3) is 2.26. The monoisotopic (exact) mass is 203 g/mol. The van der Waals surface area contributed by atoms with E-state index in [1.54, 1.807) is 36.4 Å². The zero-order valence-corrected chi connectivity index (χ0v) is 7.94. The van der Waals surface area contributed by atoms with E-state index in [9.17, 15) is 9.50 Å². The van der Waals surface area contributed by atoms with Gasteiger partial charge in [-0.15, -0.1) is 0 Å². The minimum absolute atomic E-state index is 0.149. The number of halogens is 1. The standard InChI is InChI=1S/C12H10FNO/c13-11-6-1-2-7-12(11)14-9-4-3-5-10(15)8-9/h1-8,14-15H. The molecule has 76 valence electrons. The fourth-order valence-corrected chi connectivity index (χ4v) is 1.30. The summed E-state index contributed by atoms with van der Waals surface area (Å²) in [5, 5.41) is 12.1. The van der Waals surface area contributed by atoms with Gasteiger partial charge in [-0.25, -0.2) is 4.39 Å². The lowest BCUT2D eigenvalue weighted by atomic mass is 10.2. The van der Waals surface area contributed by atoms with Gasteiger partial charge in [0.2, 0.25) is 0 Å². The quantitative estimate of drug-likeness (QED) is 0.785. The number of para-hydroxylation sites is 1.